The highest BCUT2D eigenvalue weighted by Crippen LogP contribution is 2.27. The molecule has 0 unspecified atom stereocenters. The number of carbonyl (C=O) groups excluding carboxylic acids is 1. The summed E-state index contributed by atoms with van der Waals surface area (Å²) in [7, 11) is 0. The smallest absolute Gasteiger partial charge is 0.262 e. The van der Waals surface area contributed by atoms with Crippen molar-refractivity contribution in [2.45, 2.75) is 26.7 Å². The van der Waals surface area contributed by atoms with E-state index < -0.39 is 0 Å². The number of amides is 1. The normalized spacial score (nSPS) is 10.9. The largest absolute Gasteiger partial charge is 0.484 e. The lowest BCUT2D eigenvalue weighted by atomic mass is 9.98. The van der Waals surface area contributed by atoms with Gasteiger partial charge in [0.25, 0.3) is 5.91 Å². The lowest BCUT2D eigenvalue weighted by molar-refractivity contribution is -0.118. The van der Waals surface area contributed by atoms with Gasteiger partial charge >= 0.3 is 0 Å². The van der Waals surface area contributed by atoms with E-state index in [-0.39, 0.29) is 12.5 Å². The zero-order valence-electron chi connectivity index (χ0n) is 14.9. The molecule has 0 aliphatic carbocycles. The van der Waals surface area contributed by atoms with Gasteiger partial charge in [0, 0.05) is 5.69 Å². The Hall–Kier alpha value is -2.81. The van der Waals surface area contributed by atoms with Crippen molar-refractivity contribution in [2.24, 2.45) is 0 Å². The van der Waals surface area contributed by atoms with Crippen LogP contribution in [0, 0.1) is 6.92 Å². The van der Waals surface area contributed by atoms with Crippen molar-refractivity contribution in [1.29, 1.82) is 0 Å². The first kappa shape index (κ1) is 17.0. The molecule has 3 nitrogen and oxygen atoms in total. The van der Waals surface area contributed by atoms with Gasteiger partial charge in [-0.2, -0.15) is 0 Å². The molecule has 0 spiro atoms. The second kappa shape index (κ2) is 7.39. The molecule has 0 aromatic heterocycles. The summed E-state index contributed by atoms with van der Waals surface area (Å²) in [5.41, 5.74) is 3.09. The molecule has 0 radical (unpaired) electrons. The topological polar surface area (TPSA) is 38.3 Å². The molecule has 0 atom stereocenters. The average molecular weight is 333 g/mol. The van der Waals surface area contributed by atoms with Gasteiger partial charge in [-0.3, -0.25) is 4.79 Å². The lowest BCUT2D eigenvalue weighted by Gasteiger charge is -2.16. The van der Waals surface area contributed by atoms with Crippen molar-refractivity contribution in [3.05, 3.63) is 71.8 Å². The van der Waals surface area contributed by atoms with E-state index in [0.717, 1.165) is 27.6 Å². The van der Waals surface area contributed by atoms with Gasteiger partial charge in [-0.15, -0.1) is 0 Å². The summed E-state index contributed by atoms with van der Waals surface area (Å²) in [5, 5.41) is 5.26. The minimum Gasteiger partial charge on any atom is -0.484 e. The van der Waals surface area contributed by atoms with Crippen LogP contribution in [0.5, 0.6) is 5.75 Å². The molecule has 0 fully saturated rings. The molecular weight excluding hydrogens is 310 g/mol. The molecule has 0 aliphatic rings. The van der Waals surface area contributed by atoms with Gasteiger partial charge in [0.05, 0.1) is 0 Å². The Labute approximate surface area is 148 Å². The van der Waals surface area contributed by atoms with Gasteiger partial charge in [0.15, 0.2) is 6.61 Å². The van der Waals surface area contributed by atoms with Crippen molar-refractivity contribution in [3.8, 4) is 5.75 Å². The summed E-state index contributed by atoms with van der Waals surface area (Å²) in [5.74, 6) is 0.892. The van der Waals surface area contributed by atoms with Crippen LogP contribution in [-0.2, 0) is 4.79 Å². The van der Waals surface area contributed by atoms with Gasteiger partial charge in [-0.1, -0.05) is 62.4 Å². The molecule has 3 rings (SSSR count). The fourth-order valence-electron chi connectivity index (χ4n) is 2.92. The van der Waals surface area contributed by atoms with E-state index in [1.54, 1.807) is 0 Å². The third-order valence-electron chi connectivity index (χ3n) is 4.28. The van der Waals surface area contributed by atoms with E-state index in [1.807, 2.05) is 55.5 Å². The number of hydrogen-bond acceptors (Lipinski definition) is 2. The summed E-state index contributed by atoms with van der Waals surface area (Å²) < 4.78 is 5.68. The third kappa shape index (κ3) is 4.00. The highest BCUT2D eigenvalue weighted by Gasteiger charge is 2.12. The number of rotatable bonds is 5. The summed E-state index contributed by atoms with van der Waals surface area (Å²) in [4.78, 5) is 12.3. The molecule has 3 aromatic rings. The van der Waals surface area contributed by atoms with Crippen molar-refractivity contribution >= 4 is 22.4 Å². The maximum atomic E-state index is 12.3. The van der Waals surface area contributed by atoms with Crippen molar-refractivity contribution in [2.75, 3.05) is 11.9 Å². The molecule has 0 saturated carbocycles. The maximum absolute atomic E-state index is 12.3. The second-order valence-corrected chi connectivity index (χ2v) is 6.54. The summed E-state index contributed by atoms with van der Waals surface area (Å²) in [6.07, 6.45) is 0. The Morgan fingerprint density at radius 2 is 1.76 bits per heavy atom. The predicted molar refractivity (Wildman–Crippen MR) is 103 cm³/mol. The monoisotopic (exact) mass is 333 g/mol. The number of para-hydroxylation sites is 1. The van der Waals surface area contributed by atoms with Crippen LogP contribution in [0.3, 0.4) is 0 Å². The highest BCUT2D eigenvalue weighted by atomic mass is 16.5. The molecule has 1 amide bonds. The van der Waals surface area contributed by atoms with E-state index in [9.17, 15) is 4.79 Å². The first-order valence-electron chi connectivity index (χ1n) is 8.55. The van der Waals surface area contributed by atoms with Crippen LogP contribution in [0.1, 0.15) is 30.9 Å². The first-order valence-corrected chi connectivity index (χ1v) is 8.55. The van der Waals surface area contributed by atoms with Crippen LogP contribution < -0.4 is 10.1 Å². The number of benzene rings is 3. The van der Waals surface area contributed by atoms with Crippen LogP contribution >= 0.6 is 0 Å². The molecule has 0 saturated heterocycles. The van der Waals surface area contributed by atoms with Gasteiger partial charge < -0.3 is 10.1 Å². The second-order valence-electron chi connectivity index (χ2n) is 6.54. The molecule has 128 valence electrons. The zero-order chi connectivity index (χ0) is 17.8. The highest BCUT2D eigenvalue weighted by molar-refractivity contribution is 5.93. The predicted octanol–water partition coefficient (Wildman–Crippen LogP) is 5.29. The molecular formula is C22H23NO2. The third-order valence-corrected chi connectivity index (χ3v) is 4.28. The lowest BCUT2D eigenvalue weighted by Crippen LogP contribution is -2.21. The van der Waals surface area contributed by atoms with Crippen molar-refractivity contribution in [3.63, 3.8) is 0 Å². The van der Waals surface area contributed by atoms with Gasteiger partial charge in [-0.05, 0) is 46.9 Å². The van der Waals surface area contributed by atoms with E-state index >= 15 is 0 Å². The van der Waals surface area contributed by atoms with Gasteiger partial charge in [-0.25, -0.2) is 0 Å². The summed E-state index contributed by atoms with van der Waals surface area (Å²) >= 11 is 0. The standard InChI is InChI=1S/C22H23NO2/c1-15(2)20-10-6-7-16(3)22(20)23-21(24)14-25-19-12-11-17-8-4-5-9-18(17)13-19/h4-13,15H,14H2,1-3H3,(H,23,24). The number of fused-ring (bicyclic) bond motifs is 1. The minimum absolute atomic E-state index is 0.00971. The fourth-order valence-corrected chi connectivity index (χ4v) is 2.92. The Bertz CT molecular complexity index is 899. The quantitative estimate of drug-likeness (QED) is 0.689. The molecule has 0 bridgehead atoms. The average Bonchev–Trinajstić information content (AvgIpc) is 2.61. The molecule has 3 aromatic carbocycles. The number of anilines is 1. The summed E-state index contributed by atoms with van der Waals surface area (Å²) in [6.45, 7) is 6.24. The maximum Gasteiger partial charge on any atom is 0.262 e. The first-order chi connectivity index (χ1) is 12.0. The molecule has 3 heteroatoms. The molecule has 1 N–H and O–H groups in total. The molecule has 0 heterocycles. The number of aryl methyl sites for hydroxylation is 1. The van der Waals surface area contributed by atoms with E-state index in [1.165, 1.54) is 0 Å². The van der Waals surface area contributed by atoms with E-state index in [4.69, 9.17) is 4.74 Å². The Kier molecular flexibility index (Phi) is 5.03. The SMILES string of the molecule is Cc1cccc(C(C)C)c1NC(=O)COc1ccc2ccccc2c1. The van der Waals surface area contributed by atoms with E-state index in [0.29, 0.717) is 11.7 Å². The Morgan fingerprint density at radius 1 is 1.00 bits per heavy atom. The van der Waals surface area contributed by atoms with Crippen LogP contribution in [0.4, 0.5) is 5.69 Å². The number of nitrogens with one attached hydrogen (secondary N) is 1. The number of carbonyl (C=O) groups is 1. The van der Waals surface area contributed by atoms with E-state index in [2.05, 4.69) is 31.3 Å². The Morgan fingerprint density at radius 3 is 2.52 bits per heavy atom. The van der Waals surface area contributed by atoms with Crippen LogP contribution in [0.2, 0.25) is 0 Å². The molecule has 0 aliphatic heterocycles. The minimum atomic E-state index is -0.149. The van der Waals surface area contributed by atoms with Gasteiger partial charge in [0.1, 0.15) is 5.75 Å². The molecule has 25 heavy (non-hydrogen) atoms. The zero-order valence-corrected chi connectivity index (χ0v) is 14.9. The van der Waals surface area contributed by atoms with Crippen LogP contribution in [-0.4, -0.2) is 12.5 Å². The fraction of sp³-hybridized carbons (Fsp3) is 0.227. The number of ether oxygens (including phenoxy) is 1. The van der Waals surface area contributed by atoms with Crippen molar-refractivity contribution in [1.82, 2.24) is 0 Å². The Balaban J connectivity index is 1.69. The van der Waals surface area contributed by atoms with Gasteiger partial charge in [0.2, 0.25) is 0 Å². The van der Waals surface area contributed by atoms with Crippen LogP contribution in [0.15, 0.2) is 60.7 Å². The summed E-state index contributed by atoms with van der Waals surface area (Å²) in [6, 6.07) is 20.0. The van der Waals surface area contributed by atoms with Crippen LogP contribution in [0.25, 0.3) is 10.8 Å². The van der Waals surface area contributed by atoms with Crippen molar-refractivity contribution < 1.29 is 9.53 Å². The number of hydrogen-bond donors (Lipinski definition) is 1.